The molecule has 10 heteroatoms. The highest BCUT2D eigenvalue weighted by molar-refractivity contribution is 9.10. The van der Waals surface area contributed by atoms with Crippen LogP contribution in [0.3, 0.4) is 0 Å². The van der Waals surface area contributed by atoms with Crippen molar-refractivity contribution in [2.75, 3.05) is 6.61 Å². The second-order valence-corrected chi connectivity index (χ2v) is 9.70. The molecule has 2 amide bonds. The Balaban J connectivity index is 1.63. The van der Waals surface area contributed by atoms with Gasteiger partial charge < -0.3 is 4.74 Å². The molecule has 0 saturated carbocycles. The van der Waals surface area contributed by atoms with Gasteiger partial charge in [-0.25, -0.2) is 0 Å². The summed E-state index contributed by atoms with van der Waals surface area (Å²) in [5.74, 6) is -0.172. The number of hydrogen-bond donors (Lipinski definition) is 3. The molecule has 162 valence electrons. The van der Waals surface area contributed by atoms with Crippen LogP contribution in [0, 0.1) is 5.92 Å². The monoisotopic (exact) mass is 539 g/mol. The van der Waals surface area contributed by atoms with Gasteiger partial charge in [0.15, 0.2) is 5.11 Å². The molecule has 31 heavy (non-hydrogen) atoms. The lowest BCUT2D eigenvalue weighted by Gasteiger charge is -2.14. The first kappa shape index (κ1) is 23.5. The van der Waals surface area contributed by atoms with Gasteiger partial charge in [-0.15, -0.1) is 11.3 Å². The Morgan fingerprint density at radius 3 is 2.61 bits per heavy atom. The van der Waals surface area contributed by atoms with Gasteiger partial charge >= 0.3 is 0 Å². The molecule has 0 spiro atoms. The topological polar surface area (TPSA) is 79.5 Å². The van der Waals surface area contributed by atoms with Crippen LogP contribution in [0.25, 0.3) is 10.1 Å². The third-order valence-corrected chi connectivity index (χ3v) is 6.39. The molecule has 0 aliphatic rings. The van der Waals surface area contributed by atoms with Crippen LogP contribution in [0.15, 0.2) is 46.9 Å². The molecule has 0 radical (unpaired) electrons. The third kappa shape index (κ3) is 5.94. The van der Waals surface area contributed by atoms with Crippen molar-refractivity contribution in [2.24, 2.45) is 5.92 Å². The van der Waals surface area contributed by atoms with Gasteiger partial charge in [0.05, 0.1) is 17.2 Å². The van der Waals surface area contributed by atoms with E-state index in [4.69, 9.17) is 28.6 Å². The van der Waals surface area contributed by atoms with Crippen molar-refractivity contribution >= 4 is 78.1 Å². The fraction of sp³-hybridized carbons (Fsp3) is 0.190. The van der Waals surface area contributed by atoms with E-state index < -0.39 is 11.8 Å². The summed E-state index contributed by atoms with van der Waals surface area (Å²) in [6.45, 7) is 4.50. The van der Waals surface area contributed by atoms with Crippen molar-refractivity contribution < 1.29 is 14.3 Å². The van der Waals surface area contributed by atoms with Gasteiger partial charge in [0.2, 0.25) is 0 Å². The number of carbonyl (C=O) groups is 2. The lowest BCUT2D eigenvalue weighted by molar-refractivity contribution is 0.0937. The van der Waals surface area contributed by atoms with Gasteiger partial charge in [0, 0.05) is 14.6 Å². The van der Waals surface area contributed by atoms with Crippen molar-refractivity contribution in [1.82, 2.24) is 16.2 Å². The van der Waals surface area contributed by atoms with Gasteiger partial charge in [-0.1, -0.05) is 59.6 Å². The highest BCUT2D eigenvalue weighted by Gasteiger charge is 2.18. The first-order valence-corrected chi connectivity index (χ1v) is 11.7. The van der Waals surface area contributed by atoms with E-state index in [1.165, 1.54) is 11.3 Å². The molecular weight excluding hydrogens is 522 g/mol. The van der Waals surface area contributed by atoms with Crippen LogP contribution in [0.1, 0.15) is 33.9 Å². The predicted octanol–water partition coefficient (Wildman–Crippen LogP) is 5.30. The number of hydrogen-bond acceptors (Lipinski definition) is 5. The van der Waals surface area contributed by atoms with E-state index >= 15 is 0 Å². The quantitative estimate of drug-likeness (QED) is 0.302. The number of thiophene rings is 1. The molecule has 0 saturated heterocycles. The van der Waals surface area contributed by atoms with E-state index in [0.717, 1.165) is 14.6 Å². The van der Waals surface area contributed by atoms with Crippen molar-refractivity contribution in [3.05, 3.63) is 62.4 Å². The molecular formula is C21H19BrClN3O3S2. The fourth-order valence-electron chi connectivity index (χ4n) is 2.59. The molecule has 2 aromatic carbocycles. The Morgan fingerprint density at radius 2 is 1.90 bits per heavy atom. The molecule has 0 aliphatic heterocycles. The van der Waals surface area contributed by atoms with Crippen LogP contribution in [0.5, 0.6) is 5.75 Å². The smallest absolute Gasteiger partial charge is 0.281 e. The maximum absolute atomic E-state index is 12.7. The lowest BCUT2D eigenvalue weighted by atomic mass is 10.2. The predicted molar refractivity (Wildman–Crippen MR) is 132 cm³/mol. The van der Waals surface area contributed by atoms with Gasteiger partial charge in [-0.05, 0) is 42.4 Å². The average Bonchev–Trinajstić information content (AvgIpc) is 3.08. The zero-order valence-corrected chi connectivity index (χ0v) is 20.6. The Labute approximate surface area is 202 Å². The zero-order valence-electron chi connectivity index (χ0n) is 16.6. The lowest BCUT2D eigenvalue weighted by Crippen LogP contribution is -2.48. The van der Waals surface area contributed by atoms with Crippen molar-refractivity contribution in [3.8, 4) is 5.75 Å². The molecule has 0 atom stereocenters. The molecule has 1 aromatic heterocycles. The molecule has 1 heterocycles. The number of ether oxygens (including phenoxy) is 1. The summed E-state index contributed by atoms with van der Waals surface area (Å²) in [6.07, 6.45) is 0. The second-order valence-electron chi connectivity index (χ2n) is 6.95. The minimum atomic E-state index is -0.466. The van der Waals surface area contributed by atoms with Crippen LogP contribution in [-0.4, -0.2) is 23.5 Å². The van der Waals surface area contributed by atoms with Gasteiger partial charge in [-0.3, -0.25) is 25.8 Å². The summed E-state index contributed by atoms with van der Waals surface area (Å²) < 4.78 is 7.35. The molecule has 0 fully saturated rings. The van der Waals surface area contributed by atoms with Crippen molar-refractivity contribution in [2.45, 2.75) is 13.8 Å². The first-order valence-electron chi connectivity index (χ1n) is 9.27. The maximum atomic E-state index is 12.7. The summed E-state index contributed by atoms with van der Waals surface area (Å²) in [7, 11) is 0. The molecule has 0 aliphatic carbocycles. The fourth-order valence-corrected chi connectivity index (χ4v) is 4.51. The van der Waals surface area contributed by atoms with Crippen molar-refractivity contribution in [3.63, 3.8) is 0 Å². The standard InChI is InChI=1S/C21H19BrClN3O3S2/c1-11(2)10-29-15-8-7-12(22)9-14(15)19(27)24-21(30)26-25-20(28)18-17(23)13-5-3-4-6-16(13)31-18/h3-9,11H,10H2,1-2H3,(H,25,28)(H2,24,26,27,30). The summed E-state index contributed by atoms with van der Waals surface area (Å²) in [5, 5.41) is 3.65. The van der Waals surface area contributed by atoms with Gasteiger partial charge in [0.25, 0.3) is 11.8 Å². The average molecular weight is 541 g/mol. The molecule has 6 nitrogen and oxygen atoms in total. The Kier molecular flexibility index (Phi) is 7.88. The zero-order chi connectivity index (χ0) is 22.5. The van der Waals surface area contributed by atoms with Gasteiger partial charge in [0.1, 0.15) is 10.6 Å². The molecule has 0 unspecified atom stereocenters. The summed E-state index contributed by atoms with van der Waals surface area (Å²) >= 11 is 16.1. The number of halogens is 2. The van der Waals surface area contributed by atoms with Crippen LogP contribution in [0.4, 0.5) is 0 Å². The van der Waals surface area contributed by atoms with Crippen LogP contribution >= 0.6 is 51.1 Å². The number of fused-ring (bicyclic) bond motifs is 1. The number of benzene rings is 2. The van der Waals surface area contributed by atoms with E-state index in [0.29, 0.717) is 33.7 Å². The minimum Gasteiger partial charge on any atom is -0.492 e. The molecule has 0 bridgehead atoms. The Hall–Kier alpha value is -2.20. The highest BCUT2D eigenvalue weighted by Crippen LogP contribution is 2.34. The van der Waals surface area contributed by atoms with Crippen LogP contribution < -0.4 is 20.9 Å². The largest absolute Gasteiger partial charge is 0.492 e. The maximum Gasteiger partial charge on any atom is 0.281 e. The number of thiocarbonyl (C=S) groups is 1. The summed E-state index contributed by atoms with van der Waals surface area (Å²) in [5.41, 5.74) is 5.31. The Bertz CT molecular complexity index is 1150. The Morgan fingerprint density at radius 1 is 1.16 bits per heavy atom. The number of hydrazine groups is 1. The summed E-state index contributed by atoms with van der Waals surface area (Å²) in [6, 6.07) is 12.6. The number of nitrogens with one attached hydrogen (secondary N) is 3. The van der Waals surface area contributed by atoms with Crippen LogP contribution in [0.2, 0.25) is 5.02 Å². The highest BCUT2D eigenvalue weighted by atomic mass is 79.9. The number of rotatable bonds is 5. The number of amides is 2. The summed E-state index contributed by atoms with van der Waals surface area (Å²) in [4.78, 5) is 25.5. The first-order chi connectivity index (χ1) is 14.8. The van der Waals surface area contributed by atoms with Gasteiger partial charge in [-0.2, -0.15) is 0 Å². The molecule has 3 rings (SSSR count). The SMILES string of the molecule is CC(C)COc1ccc(Br)cc1C(=O)NC(=S)NNC(=O)c1sc2ccccc2c1Cl. The van der Waals surface area contributed by atoms with E-state index in [1.807, 2.05) is 38.1 Å². The normalized spacial score (nSPS) is 10.7. The third-order valence-electron chi connectivity index (χ3n) is 4.02. The van der Waals surface area contributed by atoms with E-state index in [9.17, 15) is 9.59 Å². The second kappa shape index (κ2) is 10.4. The molecule has 3 aromatic rings. The molecule has 3 N–H and O–H groups in total. The van der Waals surface area contributed by atoms with E-state index in [2.05, 4.69) is 32.1 Å². The van der Waals surface area contributed by atoms with E-state index in [-0.39, 0.29) is 5.11 Å². The minimum absolute atomic E-state index is 0.0645. The van der Waals surface area contributed by atoms with E-state index in [1.54, 1.807) is 18.2 Å². The van der Waals surface area contributed by atoms with Crippen LogP contribution in [-0.2, 0) is 0 Å². The number of carbonyl (C=O) groups excluding carboxylic acids is 2. The van der Waals surface area contributed by atoms with Crippen molar-refractivity contribution in [1.29, 1.82) is 0 Å².